The number of cyclic esters (lactones) is 1. The number of hydrogen-bond donors (Lipinski definition) is 0. The van der Waals surface area contributed by atoms with E-state index in [4.69, 9.17) is 25.8 Å². The number of carbonyl (C=O) groups is 1. The van der Waals surface area contributed by atoms with Gasteiger partial charge >= 0.3 is 5.97 Å². The number of aliphatic imine (C=N–C) groups is 1. The molecule has 7 heteroatoms. The molecule has 36 heavy (non-hydrogen) atoms. The second-order valence-corrected chi connectivity index (χ2v) is 9.40. The minimum atomic E-state index is -0.526. The summed E-state index contributed by atoms with van der Waals surface area (Å²) < 4.78 is 18.2. The third-order valence-corrected chi connectivity index (χ3v) is 6.30. The molecule has 0 aliphatic carbocycles. The van der Waals surface area contributed by atoms with E-state index in [0.717, 1.165) is 26.4 Å². The van der Waals surface area contributed by atoms with Gasteiger partial charge in [0.25, 0.3) is 0 Å². The molecular formula is C29H21BrClNO4. The molecular weight excluding hydrogens is 542 g/mol. The molecule has 0 saturated carbocycles. The van der Waals surface area contributed by atoms with Crippen molar-refractivity contribution in [3.8, 4) is 11.5 Å². The van der Waals surface area contributed by atoms with Crippen molar-refractivity contribution in [2.24, 2.45) is 4.99 Å². The smallest absolute Gasteiger partial charge is 0.363 e. The van der Waals surface area contributed by atoms with Gasteiger partial charge in [0.2, 0.25) is 5.90 Å². The van der Waals surface area contributed by atoms with Crippen molar-refractivity contribution in [2.75, 3.05) is 6.61 Å². The molecule has 0 atom stereocenters. The van der Waals surface area contributed by atoms with Crippen LogP contribution in [-0.2, 0) is 16.1 Å². The lowest BCUT2D eigenvalue weighted by atomic mass is 10.1. The first-order valence-corrected chi connectivity index (χ1v) is 12.5. The Hall–Kier alpha value is -3.61. The van der Waals surface area contributed by atoms with Gasteiger partial charge in [-0.2, -0.15) is 0 Å². The zero-order valence-corrected chi connectivity index (χ0v) is 21.7. The van der Waals surface area contributed by atoms with E-state index in [1.165, 1.54) is 0 Å². The Balaban J connectivity index is 1.42. The number of hydrogen-bond acceptors (Lipinski definition) is 5. The van der Waals surface area contributed by atoms with Crippen LogP contribution in [0.25, 0.3) is 16.8 Å². The molecule has 5 nitrogen and oxygen atoms in total. The molecule has 0 unspecified atom stereocenters. The summed E-state index contributed by atoms with van der Waals surface area (Å²) in [5.41, 5.74) is 2.54. The lowest BCUT2D eigenvalue weighted by Gasteiger charge is -2.14. The fourth-order valence-corrected chi connectivity index (χ4v) is 4.59. The first-order valence-electron chi connectivity index (χ1n) is 11.4. The normalized spacial score (nSPS) is 14.1. The van der Waals surface area contributed by atoms with Crippen molar-refractivity contribution < 1.29 is 19.0 Å². The van der Waals surface area contributed by atoms with E-state index >= 15 is 0 Å². The summed E-state index contributed by atoms with van der Waals surface area (Å²) in [6.07, 6.45) is 1.63. The Labute approximate surface area is 222 Å². The lowest BCUT2D eigenvalue weighted by Crippen LogP contribution is -2.05. The van der Waals surface area contributed by atoms with Crippen molar-refractivity contribution in [1.29, 1.82) is 0 Å². The van der Waals surface area contributed by atoms with Crippen LogP contribution in [0.1, 0.15) is 23.6 Å². The molecule has 1 heterocycles. The van der Waals surface area contributed by atoms with E-state index < -0.39 is 5.97 Å². The predicted molar refractivity (Wildman–Crippen MR) is 146 cm³/mol. The molecule has 0 N–H and O–H groups in total. The Morgan fingerprint density at radius 1 is 0.972 bits per heavy atom. The number of benzene rings is 4. The number of rotatable bonds is 7. The van der Waals surface area contributed by atoms with E-state index in [0.29, 0.717) is 35.3 Å². The van der Waals surface area contributed by atoms with Crippen LogP contribution in [0.4, 0.5) is 0 Å². The lowest BCUT2D eigenvalue weighted by molar-refractivity contribution is -0.129. The Morgan fingerprint density at radius 2 is 1.81 bits per heavy atom. The van der Waals surface area contributed by atoms with Crippen LogP contribution in [0, 0.1) is 0 Å². The molecule has 4 aromatic carbocycles. The summed E-state index contributed by atoms with van der Waals surface area (Å²) in [5.74, 6) is 0.663. The van der Waals surface area contributed by atoms with Gasteiger partial charge in [-0.05, 0) is 71.3 Å². The molecule has 1 aliphatic rings. The molecule has 0 saturated heterocycles. The number of halogens is 2. The maximum atomic E-state index is 12.6. The highest BCUT2D eigenvalue weighted by Gasteiger charge is 2.25. The second kappa shape index (κ2) is 10.6. The highest BCUT2D eigenvalue weighted by molar-refractivity contribution is 9.10. The Bertz CT molecular complexity index is 1530. The zero-order valence-electron chi connectivity index (χ0n) is 19.3. The third kappa shape index (κ3) is 5.30. The number of nitrogens with zero attached hydrogens (tertiary/aromatic N) is 1. The van der Waals surface area contributed by atoms with Gasteiger partial charge in [0.1, 0.15) is 6.61 Å². The summed E-state index contributed by atoms with van der Waals surface area (Å²) in [5, 5.41) is 2.51. The first kappa shape index (κ1) is 24.1. The van der Waals surface area contributed by atoms with E-state index in [9.17, 15) is 4.79 Å². The van der Waals surface area contributed by atoms with Crippen LogP contribution in [0.5, 0.6) is 11.5 Å². The van der Waals surface area contributed by atoms with Crippen molar-refractivity contribution in [3.05, 3.63) is 111 Å². The van der Waals surface area contributed by atoms with Crippen molar-refractivity contribution in [2.45, 2.75) is 13.5 Å². The van der Waals surface area contributed by atoms with Gasteiger partial charge in [0, 0.05) is 10.0 Å². The van der Waals surface area contributed by atoms with E-state index in [1.807, 2.05) is 73.7 Å². The fourth-order valence-electron chi connectivity index (χ4n) is 3.87. The summed E-state index contributed by atoms with van der Waals surface area (Å²) in [4.78, 5) is 17.0. The molecule has 4 aromatic rings. The molecule has 0 bridgehead atoms. The molecule has 180 valence electrons. The standard InChI is InChI=1S/C29H21BrClNO4/c1-2-34-26-15-19(13-24(31)27(26)35-17-18-6-5-9-23(30)12-18)14-25-29(33)36-28(32-25)22-11-10-20-7-3-4-8-21(20)16-22/h3-16H,2,17H2,1H3/b25-14-. The largest absolute Gasteiger partial charge is 0.490 e. The Kier molecular flexibility index (Phi) is 7.07. The van der Waals surface area contributed by atoms with Crippen LogP contribution in [0.15, 0.2) is 94.0 Å². The number of ether oxygens (including phenoxy) is 3. The van der Waals surface area contributed by atoms with Crippen LogP contribution >= 0.6 is 27.5 Å². The van der Waals surface area contributed by atoms with Gasteiger partial charge in [-0.3, -0.25) is 0 Å². The van der Waals surface area contributed by atoms with E-state index in [1.54, 1.807) is 18.2 Å². The van der Waals surface area contributed by atoms with Crippen molar-refractivity contribution >= 4 is 56.2 Å². The molecule has 5 rings (SSSR count). The van der Waals surface area contributed by atoms with Crippen LogP contribution in [0.2, 0.25) is 5.02 Å². The van der Waals surface area contributed by atoms with Crippen LogP contribution in [-0.4, -0.2) is 18.5 Å². The van der Waals surface area contributed by atoms with Crippen LogP contribution in [0.3, 0.4) is 0 Å². The summed E-state index contributed by atoms with van der Waals surface area (Å²) in [6.45, 7) is 2.63. The quantitative estimate of drug-likeness (QED) is 0.172. The summed E-state index contributed by atoms with van der Waals surface area (Å²) >= 11 is 10.0. The monoisotopic (exact) mass is 561 g/mol. The number of fused-ring (bicyclic) bond motifs is 1. The minimum absolute atomic E-state index is 0.180. The maximum absolute atomic E-state index is 12.6. The summed E-state index contributed by atoms with van der Waals surface area (Å²) in [6, 6.07) is 25.1. The topological polar surface area (TPSA) is 57.1 Å². The molecule has 1 aliphatic heterocycles. The highest BCUT2D eigenvalue weighted by atomic mass is 79.9. The fraction of sp³-hybridized carbons (Fsp3) is 0.103. The predicted octanol–water partition coefficient (Wildman–Crippen LogP) is 7.58. The second-order valence-electron chi connectivity index (χ2n) is 8.08. The molecule has 0 aromatic heterocycles. The van der Waals surface area contributed by atoms with Gasteiger partial charge in [-0.1, -0.05) is 70.0 Å². The van der Waals surface area contributed by atoms with Crippen LogP contribution < -0.4 is 9.47 Å². The molecule has 0 amide bonds. The average Bonchev–Trinajstić information content (AvgIpc) is 3.23. The van der Waals surface area contributed by atoms with Gasteiger partial charge in [-0.25, -0.2) is 9.79 Å². The molecule has 0 fully saturated rings. The maximum Gasteiger partial charge on any atom is 0.363 e. The van der Waals surface area contributed by atoms with Gasteiger partial charge in [0.05, 0.1) is 11.6 Å². The Morgan fingerprint density at radius 3 is 2.61 bits per heavy atom. The van der Waals surface area contributed by atoms with Crippen molar-refractivity contribution in [1.82, 2.24) is 0 Å². The van der Waals surface area contributed by atoms with E-state index in [2.05, 4.69) is 20.9 Å². The average molecular weight is 563 g/mol. The van der Waals surface area contributed by atoms with Gasteiger partial charge < -0.3 is 14.2 Å². The number of esters is 1. The third-order valence-electron chi connectivity index (χ3n) is 5.52. The SMILES string of the molecule is CCOc1cc(/C=C2\N=C(c3ccc4ccccc4c3)OC2=O)cc(Cl)c1OCc1cccc(Br)c1. The van der Waals surface area contributed by atoms with Gasteiger partial charge in [-0.15, -0.1) is 0 Å². The molecule has 0 radical (unpaired) electrons. The summed E-state index contributed by atoms with van der Waals surface area (Å²) in [7, 11) is 0. The van der Waals surface area contributed by atoms with Gasteiger partial charge in [0.15, 0.2) is 17.2 Å². The minimum Gasteiger partial charge on any atom is -0.490 e. The molecule has 0 spiro atoms. The highest BCUT2D eigenvalue weighted by Crippen LogP contribution is 2.38. The van der Waals surface area contributed by atoms with Crippen molar-refractivity contribution in [3.63, 3.8) is 0 Å². The number of carbonyl (C=O) groups excluding carboxylic acids is 1. The first-order chi connectivity index (χ1) is 17.5. The van der Waals surface area contributed by atoms with E-state index in [-0.39, 0.29) is 11.6 Å². The zero-order chi connectivity index (χ0) is 25.1.